The number of aromatic nitrogens is 2. The van der Waals surface area contributed by atoms with Gasteiger partial charge in [0.05, 0.1) is 5.69 Å². The van der Waals surface area contributed by atoms with Gasteiger partial charge in [-0.1, -0.05) is 20.8 Å². The molecular weight excluding hydrogens is 204 g/mol. The molecule has 1 N–H and O–H groups in total. The van der Waals surface area contributed by atoms with Gasteiger partial charge in [-0.05, 0) is 12.1 Å². The standard InChI is InChI=1S/C11H18N4O/c1-11(2,3)8-6-7-9(14-13-8)12-10(16)15(4)5/h6-7H,1-5H3,(H,12,14,16). The van der Waals surface area contributed by atoms with Crippen molar-refractivity contribution in [3.63, 3.8) is 0 Å². The van der Waals surface area contributed by atoms with Crippen LogP contribution in [0.25, 0.3) is 0 Å². The Labute approximate surface area is 95.9 Å². The van der Waals surface area contributed by atoms with Crippen molar-refractivity contribution in [3.05, 3.63) is 17.8 Å². The molecule has 0 saturated heterocycles. The Morgan fingerprint density at radius 3 is 2.25 bits per heavy atom. The predicted molar refractivity (Wildman–Crippen MR) is 63.4 cm³/mol. The summed E-state index contributed by atoms with van der Waals surface area (Å²) < 4.78 is 0. The van der Waals surface area contributed by atoms with Crippen molar-refractivity contribution in [2.45, 2.75) is 26.2 Å². The second-order valence-corrected chi connectivity index (χ2v) is 4.88. The molecule has 0 aliphatic carbocycles. The van der Waals surface area contributed by atoms with Gasteiger partial charge < -0.3 is 4.90 Å². The Morgan fingerprint density at radius 2 is 1.88 bits per heavy atom. The van der Waals surface area contributed by atoms with Gasteiger partial charge in [-0.3, -0.25) is 5.32 Å². The van der Waals surface area contributed by atoms with Crippen molar-refractivity contribution in [3.8, 4) is 0 Å². The summed E-state index contributed by atoms with van der Waals surface area (Å²) >= 11 is 0. The highest BCUT2D eigenvalue weighted by Crippen LogP contribution is 2.19. The van der Waals surface area contributed by atoms with Crippen molar-refractivity contribution >= 4 is 11.8 Å². The van der Waals surface area contributed by atoms with Crippen molar-refractivity contribution in [1.82, 2.24) is 15.1 Å². The zero-order chi connectivity index (χ0) is 12.3. The third kappa shape index (κ3) is 3.18. The van der Waals surface area contributed by atoms with Gasteiger partial charge in [0.15, 0.2) is 5.82 Å². The monoisotopic (exact) mass is 222 g/mol. The topological polar surface area (TPSA) is 58.1 Å². The van der Waals surface area contributed by atoms with Gasteiger partial charge >= 0.3 is 6.03 Å². The Bertz CT molecular complexity index is 365. The first-order valence-corrected chi connectivity index (χ1v) is 5.13. The Balaban J connectivity index is 2.76. The first kappa shape index (κ1) is 12.4. The first-order valence-electron chi connectivity index (χ1n) is 5.13. The molecule has 0 fully saturated rings. The maximum absolute atomic E-state index is 11.3. The van der Waals surface area contributed by atoms with Crippen LogP contribution >= 0.6 is 0 Å². The van der Waals surface area contributed by atoms with E-state index in [1.807, 2.05) is 6.07 Å². The van der Waals surface area contributed by atoms with Gasteiger partial charge in [0, 0.05) is 19.5 Å². The van der Waals surface area contributed by atoms with Crippen LogP contribution in [0.4, 0.5) is 10.6 Å². The summed E-state index contributed by atoms with van der Waals surface area (Å²) in [4.78, 5) is 12.8. The number of rotatable bonds is 1. The van der Waals surface area contributed by atoms with E-state index in [9.17, 15) is 4.79 Å². The fourth-order valence-electron chi connectivity index (χ4n) is 1.02. The molecule has 0 aliphatic heterocycles. The zero-order valence-electron chi connectivity index (χ0n) is 10.4. The van der Waals surface area contributed by atoms with Crippen LogP contribution in [0.15, 0.2) is 12.1 Å². The van der Waals surface area contributed by atoms with Gasteiger partial charge in [0.2, 0.25) is 0 Å². The molecule has 0 radical (unpaired) electrons. The number of nitrogens with one attached hydrogen (secondary N) is 1. The highest BCUT2D eigenvalue weighted by Gasteiger charge is 2.16. The maximum Gasteiger partial charge on any atom is 0.322 e. The van der Waals surface area contributed by atoms with Gasteiger partial charge in [-0.25, -0.2) is 4.79 Å². The molecule has 1 aromatic rings. The molecular formula is C11H18N4O. The van der Waals surface area contributed by atoms with Crippen molar-refractivity contribution in [2.75, 3.05) is 19.4 Å². The molecule has 0 unspecified atom stereocenters. The summed E-state index contributed by atoms with van der Waals surface area (Å²) in [6.45, 7) is 6.19. The highest BCUT2D eigenvalue weighted by atomic mass is 16.2. The van der Waals surface area contributed by atoms with Crippen molar-refractivity contribution < 1.29 is 4.79 Å². The number of amides is 2. The van der Waals surface area contributed by atoms with E-state index in [4.69, 9.17) is 0 Å². The molecule has 0 saturated carbocycles. The zero-order valence-corrected chi connectivity index (χ0v) is 10.4. The number of nitrogens with zero attached hydrogens (tertiary/aromatic N) is 3. The van der Waals surface area contributed by atoms with Gasteiger partial charge in [0.25, 0.3) is 0 Å². The summed E-state index contributed by atoms with van der Waals surface area (Å²) in [5, 5.41) is 10.7. The summed E-state index contributed by atoms with van der Waals surface area (Å²) in [5.74, 6) is 0.465. The van der Waals surface area contributed by atoms with Crippen molar-refractivity contribution in [1.29, 1.82) is 0 Å². The average molecular weight is 222 g/mol. The first-order chi connectivity index (χ1) is 7.30. The average Bonchev–Trinajstić information content (AvgIpc) is 2.17. The maximum atomic E-state index is 11.3. The van der Waals surface area contributed by atoms with Gasteiger partial charge in [0.1, 0.15) is 0 Å². The second-order valence-electron chi connectivity index (χ2n) is 4.88. The molecule has 16 heavy (non-hydrogen) atoms. The number of carbonyl (C=O) groups is 1. The molecule has 88 valence electrons. The number of hydrogen-bond donors (Lipinski definition) is 1. The molecule has 0 aromatic carbocycles. The van der Waals surface area contributed by atoms with Crippen LogP contribution in [0.1, 0.15) is 26.5 Å². The number of carbonyl (C=O) groups excluding carboxylic acids is 1. The minimum absolute atomic E-state index is 0.0307. The van der Waals surface area contributed by atoms with E-state index in [1.165, 1.54) is 4.90 Å². The van der Waals surface area contributed by atoms with Crippen LogP contribution < -0.4 is 5.32 Å². The quantitative estimate of drug-likeness (QED) is 0.789. The van der Waals surface area contributed by atoms with Crippen LogP contribution in [0.5, 0.6) is 0 Å². The second kappa shape index (κ2) is 4.47. The molecule has 0 bridgehead atoms. The van der Waals surface area contributed by atoms with Crippen LogP contribution in [0.2, 0.25) is 0 Å². The highest BCUT2D eigenvalue weighted by molar-refractivity contribution is 5.87. The Hall–Kier alpha value is -1.65. The Kier molecular flexibility index (Phi) is 3.47. The van der Waals surface area contributed by atoms with Gasteiger partial charge in [-0.15, -0.1) is 5.10 Å². The lowest BCUT2D eigenvalue weighted by molar-refractivity contribution is 0.230. The minimum atomic E-state index is -0.210. The SMILES string of the molecule is CN(C)C(=O)Nc1ccc(C(C)(C)C)nn1. The predicted octanol–water partition coefficient (Wildman–Crippen LogP) is 1.87. The summed E-state index contributed by atoms with van der Waals surface area (Å²) in [6, 6.07) is 3.42. The molecule has 0 atom stereocenters. The summed E-state index contributed by atoms with van der Waals surface area (Å²) in [6.07, 6.45) is 0. The molecule has 1 heterocycles. The van der Waals surface area contributed by atoms with E-state index >= 15 is 0 Å². The van der Waals surface area contributed by atoms with E-state index < -0.39 is 0 Å². The summed E-state index contributed by atoms with van der Waals surface area (Å²) in [7, 11) is 3.35. The minimum Gasteiger partial charge on any atom is -0.331 e. The van der Waals surface area contributed by atoms with Crippen LogP contribution in [0.3, 0.4) is 0 Å². The third-order valence-corrected chi connectivity index (χ3v) is 2.07. The number of hydrogen-bond acceptors (Lipinski definition) is 3. The molecule has 1 rings (SSSR count). The number of anilines is 1. The molecule has 5 heteroatoms. The van der Waals surface area contributed by atoms with Crippen molar-refractivity contribution in [2.24, 2.45) is 0 Å². The fraction of sp³-hybridized carbons (Fsp3) is 0.545. The van der Waals surface area contributed by atoms with E-state index in [0.29, 0.717) is 5.82 Å². The van der Waals surface area contributed by atoms with E-state index in [1.54, 1.807) is 20.2 Å². The number of urea groups is 1. The summed E-state index contributed by atoms with van der Waals surface area (Å²) in [5.41, 5.74) is 0.868. The molecule has 0 aliphatic rings. The van der Waals surface area contributed by atoms with Crippen LogP contribution in [-0.4, -0.2) is 35.2 Å². The van der Waals surface area contributed by atoms with Crippen LogP contribution in [-0.2, 0) is 5.41 Å². The lowest BCUT2D eigenvalue weighted by Gasteiger charge is -2.17. The Morgan fingerprint density at radius 1 is 1.25 bits per heavy atom. The van der Waals surface area contributed by atoms with E-state index in [2.05, 4.69) is 36.3 Å². The fourth-order valence-corrected chi connectivity index (χ4v) is 1.02. The lowest BCUT2D eigenvalue weighted by Crippen LogP contribution is -2.28. The lowest BCUT2D eigenvalue weighted by atomic mass is 9.92. The molecule has 1 aromatic heterocycles. The smallest absolute Gasteiger partial charge is 0.322 e. The largest absolute Gasteiger partial charge is 0.331 e. The molecule has 0 spiro atoms. The van der Waals surface area contributed by atoms with E-state index in [-0.39, 0.29) is 11.4 Å². The van der Waals surface area contributed by atoms with Crippen LogP contribution in [0, 0.1) is 0 Å². The van der Waals surface area contributed by atoms with Gasteiger partial charge in [-0.2, -0.15) is 5.10 Å². The third-order valence-electron chi connectivity index (χ3n) is 2.07. The molecule has 2 amide bonds. The van der Waals surface area contributed by atoms with E-state index in [0.717, 1.165) is 5.69 Å². The molecule has 5 nitrogen and oxygen atoms in total. The normalized spacial score (nSPS) is 11.1.